The second kappa shape index (κ2) is 6.98. The second-order valence-electron chi connectivity index (χ2n) is 3.57. The van der Waals surface area contributed by atoms with Gasteiger partial charge in [-0.25, -0.2) is 0 Å². The summed E-state index contributed by atoms with van der Waals surface area (Å²) in [6.07, 6.45) is 0.491. The molecular weight excluding hydrogens is 204 g/mol. The topological polar surface area (TPSA) is 61.4 Å². The molecule has 0 unspecified atom stereocenters. The number of amides is 1. The van der Waals surface area contributed by atoms with Gasteiger partial charge in [0.25, 0.3) is 0 Å². The summed E-state index contributed by atoms with van der Waals surface area (Å²) in [6.45, 7) is 1.48. The molecule has 4 heteroatoms. The average Bonchev–Trinajstić information content (AvgIpc) is 2.35. The van der Waals surface area contributed by atoms with Gasteiger partial charge in [0.1, 0.15) is 0 Å². The van der Waals surface area contributed by atoms with Crippen molar-refractivity contribution in [3.8, 4) is 0 Å². The number of benzene rings is 1. The maximum absolute atomic E-state index is 10.9. The van der Waals surface area contributed by atoms with Crippen molar-refractivity contribution in [1.82, 2.24) is 10.6 Å². The molecule has 0 bridgehead atoms. The first-order valence-electron chi connectivity index (χ1n) is 5.36. The van der Waals surface area contributed by atoms with Gasteiger partial charge in [-0.15, -0.1) is 0 Å². The molecule has 0 saturated heterocycles. The molecule has 0 aromatic heterocycles. The fourth-order valence-electron chi connectivity index (χ4n) is 1.32. The Balaban J connectivity index is 2.24. The standard InChI is InChI=1S/C12H18N2O2/c1-13-12(16)6-7-14-8-10-2-4-11(9-15)5-3-10/h2-5,14-15H,6-9H2,1H3,(H,13,16). The van der Waals surface area contributed by atoms with Gasteiger partial charge >= 0.3 is 0 Å². The minimum Gasteiger partial charge on any atom is -0.392 e. The van der Waals surface area contributed by atoms with E-state index in [-0.39, 0.29) is 12.5 Å². The van der Waals surface area contributed by atoms with E-state index in [4.69, 9.17) is 5.11 Å². The monoisotopic (exact) mass is 222 g/mol. The van der Waals surface area contributed by atoms with E-state index >= 15 is 0 Å². The molecule has 1 rings (SSSR count). The van der Waals surface area contributed by atoms with Crippen LogP contribution in [0.1, 0.15) is 17.5 Å². The van der Waals surface area contributed by atoms with E-state index in [0.717, 1.165) is 17.7 Å². The first kappa shape index (κ1) is 12.7. The van der Waals surface area contributed by atoms with Crippen LogP contribution in [-0.2, 0) is 17.9 Å². The Hall–Kier alpha value is -1.39. The summed E-state index contributed by atoms with van der Waals surface area (Å²) in [5.74, 6) is 0.0446. The van der Waals surface area contributed by atoms with Crippen LogP contribution in [-0.4, -0.2) is 24.6 Å². The Labute approximate surface area is 95.7 Å². The third-order valence-electron chi connectivity index (χ3n) is 2.34. The van der Waals surface area contributed by atoms with E-state index in [0.29, 0.717) is 13.0 Å². The molecule has 88 valence electrons. The van der Waals surface area contributed by atoms with Crippen LogP contribution in [0.3, 0.4) is 0 Å². The van der Waals surface area contributed by atoms with Crippen LogP contribution in [0.5, 0.6) is 0 Å². The molecule has 0 radical (unpaired) electrons. The summed E-state index contributed by atoms with van der Waals surface area (Å²) in [7, 11) is 1.63. The molecule has 1 amide bonds. The average molecular weight is 222 g/mol. The van der Waals surface area contributed by atoms with E-state index < -0.39 is 0 Å². The Kier molecular flexibility index (Phi) is 5.53. The van der Waals surface area contributed by atoms with Gasteiger partial charge < -0.3 is 15.7 Å². The summed E-state index contributed by atoms with van der Waals surface area (Å²) >= 11 is 0. The molecule has 0 aliphatic carbocycles. The van der Waals surface area contributed by atoms with Gasteiger partial charge in [-0.1, -0.05) is 24.3 Å². The largest absolute Gasteiger partial charge is 0.392 e. The summed E-state index contributed by atoms with van der Waals surface area (Å²) in [6, 6.07) is 7.74. The Morgan fingerprint density at radius 1 is 1.25 bits per heavy atom. The smallest absolute Gasteiger partial charge is 0.221 e. The van der Waals surface area contributed by atoms with E-state index in [1.54, 1.807) is 7.05 Å². The normalized spacial score (nSPS) is 10.1. The molecule has 0 fully saturated rings. The molecule has 3 N–H and O–H groups in total. The number of aliphatic hydroxyl groups excluding tert-OH is 1. The van der Waals surface area contributed by atoms with Crippen LogP contribution in [0.15, 0.2) is 24.3 Å². The summed E-state index contributed by atoms with van der Waals surface area (Å²) < 4.78 is 0. The van der Waals surface area contributed by atoms with Crippen LogP contribution >= 0.6 is 0 Å². The number of nitrogens with one attached hydrogen (secondary N) is 2. The van der Waals surface area contributed by atoms with Crippen LogP contribution in [0, 0.1) is 0 Å². The Morgan fingerprint density at radius 3 is 2.44 bits per heavy atom. The lowest BCUT2D eigenvalue weighted by atomic mass is 10.1. The third-order valence-corrected chi connectivity index (χ3v) is 2.34. The zero-order valence-corrected chi connectivity index (χ0v) is 9.49. The number of rotatable bonds is 6. The van der Waals surface area contributed by atoms with Crippen molar-refractivity contribution in [2.24, 2.45) is 0 Å². The number of hydrogen-bond acceptors (Lipinski definition) is 3. The van der Waals surface area contributed by atoms with Crippen molar-refractivity contribution in [3.05, 3.63) is 35.4 Å². The second-order valence-corrected chi connectivity index (χ2v) is 3.57. The minimum atomic E-state index is 0.0446. The Bertz CT molecular complexity index is 322. The van der Waals surface area contributed by atoms with Crippen molar-refractivity contribution in [1.29, 1.82) is 0 Å². The molecule has 0 aliphatic rings. The predicted octanol–water partition coefficient (Wildman–Crippen LogP) is 0.405. The lowest BCUT2D eigenvalue weighted by Gasteiger charge is -2.05. The van der Waals surface area contributed by atoms with Gasteiger partial charge in [-0.3, -0.25) is 4.79 Å². The number of carbonyl (C=O) groups is 1. The maximum Gasteiger partial charge on any atom is 0.221 e. The van der Waals surface area contributed by atoms with Crippen molar-refractivity contribution >= 4 is 5.91 Å². The molecule has 1 aromatic rings. The molecule has 0 atom stereocenters. The fraction of sp³-hybridized carbons (Fsp3) is 0.417. The predicted molar refractivity (Wildman–Crippen MR) is 62.8 cm³/mol. The highest BCUT2D eigenvalue weighted by molar-refractivity contribution is 5.75. The Morgan fingerprint density at radius 2 is 1.88 bits per heavy atom. The van der Waals surface area contributed by atoms with E-state index in [9.17, 15) is 4.79 Å². The van der Waals surface area contributed by atoms with Gasteiger partial charge in [0, 0.05) is 26.6 Å². The van der Waals surface area contributed by atoms with Crippen LogP contribution in [0.4, 0.5) is 0 Å². The highest BCUT2D eigenvalue weighted by atomic mass is 16.3. The maximum atomic E-state index is 10.9. The molecular formula is C12H18N2O2. The van der Waals surface area contributed by atoms with Crippen LogP contribution < -0.4 is 10.6 Å². The number of hydrogen-bond donors (Lipinski definition) is 3. The SMILES string of the molecule is CNC(=O)CCNCc1ccc(CO)cc1. The van der Waals surface area contributed by atoms with Gasteiger partial charge in [-0.05, 0) is 11.1 Å². The molecule has 16 heavy (non-hydrogen) atoms. The van der Waals surface area contributed by atoms with E-state index in [2.05, 4.69) is 10.6 Å². The molecule has 0 heterocycles. The van der Waals surface area contributed by atoms with E-state index in [1.807, 2.05) is 24.3 Å². The summed E-state index contributed by atoms with van der Waals surface area (Å²) in [5.41, 5.74) is 2.06. The number of carbonyl (C=O) groups excluding carboxylic acids is 1. The van der Waals surface area contributed by atoms with Crippen LogP contribution in [0.25, 0.3) is 0 Å². The third kappa shape index (κ3) is 4.42. The lowest BCUT2D eigenvalue weighted by molar-refractivity contribution is -0.120. The first-order valence-corrected chi connectivity index (χ1v) is 5.36. The molecule has 0 spiro atoms. The zero-order chi connectivity index (χ0) is 11.8. The van der Waals surface area contributed by atoms with Gasteiger partial charge in [0.2, 0.25) is 5.91 Å². The molecule has 1 aromatic carbocycles. The lowest BCUT2D eigenvalue weighted by Crippen LogP contribution is -2.24. The van der Waals surface area contributed by atoms with E-state index in [1.165, 1.54) is 0 Å². The molecule has 0 aliphatic heterocycles. The fourth-order valence-corrected chi connectivity index (χ4v) is 1.32. The molecule has 0 saturated carbocycles. The highest BCUT2D eigenvalue weighted by Crippen LogP contribution is 2.03. The molecule has 4 nitrogen and oxygen atoms in total. The van der Waals surface area contributed by atoms with Crippen molar-refractivity contribution in [2.75, 3.05) is 13.6 Å². The minimum absolute atomic E-state index is 0.0446. The van der Waals surface area contributed by atoms with Crippen molar-refractivity contribution < 1.29 is 9.90 Å². The quantitative estimate of drug-likeness (QED) is 0.611. The van der Waals surface area contributed by atoms with Gasteiger partial charge in [-0.2, -0.15) is 0 Å². The van der Waals surface area contributed by atoms with Crippen molar-refractivity contribution in [2.45, 2.75) is 19.6 Å². The summed E-state index contributed by atoms with van der Waals surface area (Å²) in [4.78, 5) is 10.9. The van der Waals surface area contributed by atoms with Crippen LogP contribution in [0.2, 0.25) is 0 Å². The number of aliphatic hydroxyl groups is 1. The van der Waals surface area contributed by atoms with Gasteiger partial charge in [0.05, 0.1) is 6.61 Å². The highest BCUT2D eigenvalue weighted by Gasteiger charge is 1.97. The summed E-state index contributed by atoms with van der Waals surface area (Å²) in [5, 5.41) is 14.6. The zero-order valence-electron chi connectivity index (χ0n) is 9.49. The van der Waals surface area contributed by atoms with Gasteiger partial charge in [0.15, 0.2) is 0 Å². The first-order chi connectivity index (χ1) is 7.76. The van der Waals surface area contributed by atoms with Crippen molar-refractivity contribution in [3.63, 3.8) is 0 Å².